The predicted molar refractivity (Wildman–Crippen MR) is 46.6 cm³/mol. The molecule has 0 aliphatic carbocycles. The molecule has 0 fully saturated rings. The Hall–Kier alpha value is -1.31. The van der Waals surface area contributed by atoms with E-state index in [0.29, 0.717) is 0 Å². The van der Waals surface area contributed by atoms with Gasteiger partial charge in [0.05, 0.1) is 6.54 Å². The zero-order chi connectivity index (χ0) is 10.8. The molecule has 0 bridgehead atoms. The topological polar surface area (TPSA) is 77.3 Å². The van der Waals surface area contributed by atoms with Gasteiger partial charge >= 0.3 is 6.18 Å². The van der Waals surface area contributed by atoms with E-state index in [2.05, 4.69) is 9.98 Å². The highest BCUT2D eigenvalue weighted by Crippen LogP contribution is 2.30. The van der Waals surface area contributed by atoms with Crippen molar-refractivity contribution in [3.63, 3.8) is 0 Å². The Balaban J connectivity index is 2.74. The molecule has 0 radical (unpaired) electrons. The van der Waals surface area contributed by atoms with Gasteiger partial charge < -0.3 is 11.5 Å². The van der Waals surface area contributed by atoms with Crippen LogP contribution in [0.2, 0.25) is 0 Å². The summed E-state index contributed by atoms with van der Waals surface area (Å²) < 4.78 is 36.2. The predicted octanol–water partition coefficient (Wildman–Crippen LogP) is 0.935. The number of hydrogen-bond donors (Lipinski definition) is 2. The van der Waals surface area contributed by atoms with Crippen molar-refractivity contribution in [1.29, 1.82) is 0 Å². The van der Waals surface area contributed by atoms with Crippen LogP contribution >= 0.6 is 11.3 Å². The Kier molecular flexibility index (Phi) is 2.94. The highest BCUT2D eigenvalue weighted by Gasteiger charge is 2.33. The molecule has 1 aromatic heterocycles. The van der Waals surface area contributed by atoms with Crippen LogP contribution in [0.25, 0.3) is 0 Å². The fraction of sp³-hybridized carbons (Fsp3) is 0.333. The number of halogens is 3. The molecule has 4 nitrogen and oxygen atoms in total. The Morgan fingerprint density at radius 3 is 2.57 bits per heavy atom. The van der Waals surface area contributed by atoms with Crippen LogP contribution in [0, 0.1) is 0 Å². The maximum absolute atomic E-state index is 12.1. The zero-order valence-corrected chi connectivity index (χ0v) is 7.69. The quantitative estimate of drug-likeness (QED) is 0.579. The summed E-state index contributed by atoms with van der Waals surface area (Å²) >= 11 is 0.869. The highest BCUT2D eigenvalue weighted by atomic mass is 32.1. The minimum Gasteiger partial charge on any atom is -0.370 e. The number of thiazole rings is 1. The smallest absolute Gasteiger partial charge is 0.370 e. The SMILES string of the molecule is NC(N)=NCc1nc(C(F)(F)F)cs1. The van der Waals surface area contributed by atoms with Crippen molar-refractivity contribution < 1.29 is 13.2 Å². The van der Waals surface area contributed by atoms with Gasteiger partial charge in [0.15, 0.2) is 11.7 Å². The molecule has 0 atom stereocenters. The molecule has 0 amide bonds. The molecular weight excluding hydrogens is 217 g/mol. The molecule has 1 aromatic rings. The first kappa shape index (κ1) is 10.8. The van der Waals surface area contributed by atoms with Gasteiger partial charge in [0.1, 0.15) is 5.01 Å². The summed E-state index contributed by atoms with van der Waals surface area (Å²) in [5.41, 5.74) is 9.12. The van der Waals surface area contributed by atoms with Crippen LogP contribution < -0.4 is 11.5 Å². The summed E-state index contributed by atoms with van der Waals surface area (Å²) in [4.78, 5) is 6.87. The third-order valence-electron chi connectivity index (χ3n) is 1.24. The van der Waals surface area contributed by atoms with Crippen LogP contribution in [-0.2, 0) is 12.7 Å². The summed E-state index contributed by atoms with van der Waals surface area (Å²) in [5.74, 6) is -0.172. The maximum atomic E-state index is 12.1. The fourth-order valence-electron chi connectivity index (χ4n) is 0.673. The molecular formula is C6H7F3N4S. The van der Waals surface area contributed by atoms with Gasteiger partial charge in [0, 0.05) is 5.38 Å². The van der Waals surface area contributed by atoms with Crippen LogP contribution in [0.3, 0.4) is 0 Å². The third kappa shape index (κ3) is 2.87. The molecule has 4 N–H and O–H groups in total. The Morgan fingerprint density at radius 1 is 1.50 bits per heavy atom. The molecule has 8 heteroatoms. The first-order valence-electron chi connectivity index (χ1n) is 3.46. The van der Waals surface area contributed by atoms with Gasteiger partial charge in [-0.25, -0.2) is 9.98 Å². The number of alkyl halides is 3. The van der Waals surface area contributed by atoms with Crippen molar-refractivity contribution in [2.24, 2.45) is 16.5 Å². The second-order valence-corrected chi connectivity index (χ2v) is 3.31. The summed E-state index contributed by atoms with van der Waals surface area (Å²) in [7, 11) is 0. The number of guanidine groups is 1. The van der Waals surface area contributed by atoms with E-state index in [-0.39, 0.29) is 17.5 Å². The molecule has 0 spiro atoms. The maximum Gasteiger partial charge on any atom is 0.434 e. The molecule has 0 unspecified atom stereocenters. The third-order valence-corrected chi connectivity index (χ3v) is 2.07. The average Bonchev–Trinajstić information content (AvgIpc) is 2.47. The van der Waals surface area contributed by atoms with Crippen LogP contribution in [0.5, 0.6) is 0 Å². The second-order valence-electron chi connectivity index (χ2n) is 2.37. The van der Waals surface area contributed by atoms with Gasteiger partial charge in [0.2, 0.25) is 0 Å². The second kappa shape index (κ2) is 3.82. The van der Waals surface area contributed by atoms with Gasteiger partial charge in [-0.05, 0) is 0 Å². The molecule has 1 rings (SSSR count). The van der Waals surface area contributed by atoms with E-state index < -0.39 is 11.9 Å². The summed E-state index contributed by atoms with van der Waals surface area (Å²) in [6, 6.07) is 0. The number of nitrogens with zero attached hydrogens (tertiary/aromatic N) is 2. The minimum atomic E-state index is -4.41. The molecule has 14 heavy (non-hydrogen) atoms. The molecule has 78 valence electrons. The first-order chi connectivity index (χ1) is 6.39. The van der Waals surface area contributed by atoms with E-state index in [9.17, 15) is 13.2 Å². The van der Waals surface area contributed by atoms with E-state index in [4.69, 9.17) is 11.5 Å². The van der Waals surface area contributed by atoms with E-state index in [1.54, 1.807) is 0 Å². The lowest BCUT2D eigenvalue weighted by atomic mass is 10.5. The largest absolute Gasteiger partial charge is 0.434 e. The van der Waals surface area contributed by atoms with Gasteiger partial charge in [0.25, 0.3) is 0 Å². The van der Waals surface area contributed by atoms with E-state index >= 15 is 0 Å². The van der Waals surface area contributed by atoms with Crippen LogP contribution in [0.1, 0.15) is 10.7 Å². The van der Waals surface area contributed by atoms with Crippen LogP contribution in [0.4, 0.5) is 13.2 Å². The summed E-state index contributed by atoms with van der Waals surface area (Å²) in [5, 5.41) is 1.16. The van der Waals surface area contributed by atoms with Crippen molar-refractivity contribution in [3.8, 4) is 0 Å². The van der Waals surface area contributed by atoms with Crippen molar-refractivity contribution >= 4 is 17.3 Å². The van der Waals surface area contributed by atoms with Gasteiger partial charge in [-0.3, -0.25) is 0 Å². The van der Waals surface area contributed by atoms with Crippen molar-refractivity contribution in [2.45, 2.75) is 12.7 Å². The standard InChI is InChI=1S/C6H7F3N4S/c7-6(8,9)3-2-14-4(13-3)1-12-5(10)11/h2H,1H2,(H4,10,11,12). The monoisotopic (exact) mass is 224 g/mol. The van der Waals surface area contributed by atoms with Crippen molar-refractivity contribution in [2.75, 3.05) is 0 Å². The van der Waals surface area contributed by atoms with E-state index in [0.717, 1.165) is 16.7 Å². The molecule has 0 saturated heterocycles. The van der Waals surface area contributed by atoms with Gasteiger partial charge in [-0.15, -0.1) is 11.3 Å². The van der Waals surface area contributed by atoms with Crippen LogP contribution in [-0.4, -0.2) is 10.9 Å². The number of hydrogen-bond acceptors (Lipinski definition) is 3. The molecule has 0 saturated carbocycles. The number of aromatic nitrogens is 1. The summed E-state index contributed by atoms with van der Waals surface area (Å²) in [6.45, 7) is -0.0247. The Labute approximate surface area is 81.5 Å². The number of aliphatic imine (C=N–C) groups is 1. The Bertz CT molecular complexity index is 339. The van der Waals surface area contributed by atoms with E-state index in [1.165, 1.54) is 0 Å². The van der Waals surface area contributed by atoms with Crippen molar-refractivity contribution in [1.82, 2.24) is 4.98 Å². The molecule has 0 aromatic carbocycles. The summed E-state index contributed by atoms with van der Waals surface area (Å²) in [6.07, 6.45) is -4.41. The average molecular weight is 224 g/mol. The molecule has 0 aliphatic heterocycles. The lowest BCUT2D eigenvalue weighted by Crippen LogP contribution is -2.22. The molecule has 0 aliphatic rings. The number of rotatable bonds is 2. The normalized spacial score (nSPS) is 11.4. The van der Waals surface area contributed by atoms with Gasteiger partial charge in [-0.1, -0.05) is 0 Å². The number of nitrogens with two attached hydrogens (primary N) is 2. The molecule has 1 heterocycles. The Morgan fingerprint density at radius 2 is 2.14 bits per heavy atom. The first-order valence-corrected chi connectivity index (χ1v) is 4.34. The van der Waals surface area contributed by atoms with Crippen molar-refractivity contribution in [3.05, 3.63) is 16.1 Å². The fourth-order valence-corrected chi connectivity index (χ4v) is 1.40. The lowest BCUT2D eigenvalue weighted by molar-refractivity contribution is -0.140. The lowest BCUT2D eigenvalue weighted by Gasteiger charge is -1.99. The van der Waals surface area contributed by atoms with Crippen LogP contribution in [0.15, 0.2) is 10.4 Å². The highest BCUT2D eigenvalue weighted by molar-refractivity contribution is 7.09. The van der Waals surface area contributed by atoms with Gasteiger partial charge in [-0.2, -0.15) is 13.2 Å². The minimum absolute atomic E-state index is 0.0247. The zero-order valence-electron chi connectivity index (χ0n) is 6.88. The van der Waals surface area contributed by atoms with E-state index in [1.807, 2.05) is 0 Å².